The summed E-state index contributed by atoms with van der Waals surface area (Å²) in [5.41, 5.74) is 1.73. The number of benzene rings is 1. The van der Waals surface area contributed by atoms with E-state index in [1.165, 1.54) is 38.4 Å². The normalized spacial score (nSPS) is 15.3. The molecule has 1 saturated carbocycles. The quantitative estimate of drug-likeness (QED) is 0.526. The summed E-state index contributed by atoms with van der Waals surface area (Å²) in [5.74, 6) is 2.02. The van der Waals surface area contributed by atoms with Gasteiger partial charge in [0, 0.05) is 19.7 Å². The fourth-order valence-corrected chi connectivity index (χ4v) is 4.70. The van der Waals surface area contributed by atoms with E-state index < -0.39 is 0 Å². The number of hydrogen-bond donors (Lipinski definition) is 1. The van der Waals surface area contributed by atoms with E-state index in [9.17, 15) is 0 Å². The number of ether oxygens (including phenoxy) is 1. The lowest BCUT2D eigenvalue weighted by molar-refractivity contribution is 0.373. The molecule has 5 rings (SSSR count). The van der Waals surface area contributed by atoms with E-state index in [-0.39, 0.29) is 0 Å². The molecule has 0 spiro atoms. The lowest BCUT2D eigenvalue weighted by atomic mass is 9.89. The summed E-state index contributed by atoms with van der Waals surface area (Å²) in [6.45, 7) is 1.02. The van der Waals surface area contributed by atoms with Crippen molar-refractivity contribution < 1.29 is 4.74 Å². The lowest BCUT2D eigenvalue weighted by Crippen LogP contribution is -2.16. The summed E-state index contributed by atoms with van der Waals surface area (Å²) in [4.78, 5) is 13.2. The highest BCUT2D eigenvalue weighted by Gasteiger charge is 2.15. The molecule has 1 fully saturated rings. The largest absolute Gasteiger partial charge is 0.438 e. The Kier molecular flexibility index (Phi) is 4.56. The van der Waals surface area contributed by atoms with Crippen LogP contribution >= 0.6 is 11.3 Å². The highest BCUT2D eigenvalue weighted by Crippen LogP contribution is 2.33. The van der Waals surface area contributed by atoms with Crippen LogP contribution in [0.1, 0.15) is 32.1 Å². The van der Waals surface area contributed by atoms with E-state index in [1.807, 2.05) is 25.2 Å². The SMILES string of the molecule is Cn1ncc2c(Oc3ccc4nc(NCC5CCCCC5)sc4c3)ncnc21. The number of hydrogen-bond acceptors (Lipinski definition) is 7. The number of aryl methyl sites for hydroxylation is 1. The van der Waals surface area contributed by atoms with Crippen LogP contribution < -0.4 is 10.1 Å². The second kappa shape index (κ2) is 7.35. The first kappa shape index (κ1) is 17.4. The Bertz CT molecular complexity index is 1110. The molecule has 0 atom stereocenters. The molecule has 0 unspecified atom stereocenters. The highest BCUT2D eigenvalue weighted by atomic mass is 32.1. The van der Waals surface area contributed by atoms with Crippen LogP contribution in [0.15, 0.2) is 30.7 Å². The Balaban J connectivity index is 1.34. The zero-order valence-corrected chi connectivity index (χ0v) is 16.6. The predicted octanol–water partition coefficient (Wildman–Crippen LogP) is 4.76. The van der Waals surface area contributed by atoms with Crippen LogP contribution in [0, 0.1) is 5.92 Å². The molecule has 0 saturated heterocycles. The Morgan fingerprint density at radius 1 is 1.21 bits per heavy atom. The van der Waals surface area contributed by atoms with Gasteiger partial charge in [-0.3, -0.25) is 4.68 Å². The van der Waals surface area contributed by atoms with Crippen molar-refractivity contribution >= 4 is 37.7 Å². The van der Waals surface area contributed by atoms with E-state index in [0.29, 0.717) is 5.88 Å². The Labute approximate surface area is 166 Å². The van der Waals surface area contributed by atoms with Crippen molar-refractivity contribution in [1.29, 1.82) is 0 Å². The van der Waals surface area contributed by atoms with Crippen LogP contribution in [-0.4, -0.2) is 31.3 Å². The molecule has 0 bridgehead atoms. The molecular weight excluding hydrogens is 372 g/mol. The average Bonchev–Trinajstić information content (AvgIpc) is 3.31. The third kappa shape index (κ3) is 3.40. The second-order valence-corrected chi connectivity index (χ2v) is 8.35. The van der Waals surface area contributed by atoms with E-state index in [4.69, 9.17) is 9.72 Å². The van der Waals surface area contributed by atoms with Crippen LogP contribution in [0.5, 0.6) is 11.6 Å². The van der Waals surface area contributed by atoms with Gasteiger partial charge in [-0.1, -0.05) is 30.6 Å². The first-order chi connectivity index (χ1) is 13.8. The molecule has 0 radical (unpaired) electrons. The van der Waals surface area contributed by atoms with Crippen LogP contribution in [0.3, 0.4) is 0 Å². The van der Waals surface area contributed by atoms with Crippen molar-refractivity contribution in [3.63, 3.8) is 0 Å². The smallest absolute Gasteiger partial charge is 0.233 e. The van der Waals surface area contributed by atoms with E-state index >= 15 is 0 Å². The van der Waals surface area contributed by atoms with Crippen LogP contribution in [0.25, 0.3) is 21.3 Å². The third-order valence-electron chi connectivity index (χ3n) is 5.33. The minimum atomic E-state index is 0.512. The van der Waals surface area contributed by atoms with Gasteiger partial charge in [0.1, 0.15) is 17.5 Å². The fourth-order valence-electron chi connectivity index (χ4n) is 3.80. The van der Waals surface area contributed by atoms with Gasteiger partial charge in [-0.05, 0) is 30.9 Å². The minimum absolute atomic E-state index is 0.512. The number of nitrogens with one attached hydrogen (secondary N) is 1. The predicted molar refractivity (Wildman–Crippen MR) is 111 cm³/mol. The maximum Gasteiger partial charge on any atom is 0.233 e. The van der Waals surface area contributed by atoms with E-state index in [2.05, 4.69) is 20.4 Å². The molecule has 3 heterocycles. The summed E-state index contributed by atoms with van der Waals surface area (Å²) >= 11 is 1.67. The van der Waals surface area contributed by atoms with Gasteiger partial charge in [0.2, 0.25) is 5.88 Å². The summed E-state index contributed by atoms with van der Waals surface area (Å²) in [6.07, 6.45) is 9.99. The average molecular weight is 395 g/mol. The standard InChI is InChI=1S/C20H22N6OS/c1-26-18-15(11-24-26)19(23-12-22-18)27-14-7-8-16-17(9-14)28-20(25-16)21-10-13-5-3-2-4-6-13/h7-9,11-13H,2-6,10H2,1H3,(H,21,25). The van der Waals surface area contributed by atoms with E-state index in [1.54, 1.807) is 22.2 Å². The first-order valence-electron chi connectivity index (χ1n) is 9.71. The molecule has 3 aromatic heterocycles. The zero-order valence-electron chi connectivity index (χ0n) is 15.8. The summed E-state index contributed by atoms with van der Waals surface area (Å²) < 4.78 is 8.84. The number of thiazole rings is 1. The summed E-state index contributed by atoms with van der Waals surface area (Å²) in [6, 6.07) is 5.94. The van der Waals surface area contributed by atoms with Crippen molar-refractivity contribution in [3.05, 3.63) is 30.7 Å². The van der Waals surface area contributed by atoms with Gasteiger partial charge in [-0.15, -0.1) is 0 Å². The zero-order chi connectivity index (χ0) is 18.9. The van der Waals surface area contributed by atoms with Gasteiger partial charge in [-0.2, -0.15) is 5.10 Å². The second-order valence-electron chi connectivity index (χ2n) is 7.32. The van der Waals surface area contributed by atoms with Crippen molar-refractivity contribution in [2.24, 2.45) is 13.0 Å². The number of anilines is 1. The van der Waals surface area contributed by atoms with Gasteiger partial charge in [-0.25, -0.2) is 15.0 Å². The van der Waals surface area contributed by atoms with Crippen LogP contribution in [0.2, 0.25) is 0 Å². The monoisotopic (exact) mass is 394 g/mol. The molecule has 1 N–H and O–H groups in total. The highest BCUT2D eigenvalue weighted by molar-refractivity contribution is 7.22. The summed E-state index contributed by atoms with van der Waals surface area (Å²) in [7, 11) is 1.85. The number of nitrogens with zero attached hydrogens (tertiary/aromatic N) is 5. The molecule has 0 aliphatic heterocycles. The Hall–Kier alpha value is -2.74. The molecule has 4 aromatic rings. The molecule has 1 aliphatic rings. The van der Waals surface area contributed by atoms with Gasteiger partial charge in [0.05, 0.1) is 16.4 Å². The van der Waals surface area contributed by atoms with E-state index in [0.717, 1.165) is 44.6 Å². The van der Waals surface area contributed by atoms with Gasteiger partial charge < -0.3 is 10.1 Å². The van der Waals surface area contributed by atoms with Crippen molar-refractivity contribution in [3.8, 4) is 11.6 Å². The maximum atomic E-state index is 6.03. The molecule has 8 heteroatoms. The molecular formula is C20H22N6OS. The number of fused-ring (bicyclic) bond motifs is 2. The van der Waals surface area contributed by atoms with Gasteiger partial charge in [0.15, 0.2) is 10.8 Å². The molecule has 0 amide bonds. The topological polar surface area (TPSA) is 77.8 Å². The maximum absolute atomic E-state index is 6.03. The fraction of sp³-hybridized carbons (Fsp3) is 0.400. The van der Waals surface area contributed by atoms with Crippen LogP contribution in [0.4, 0.5) is 5.13 Å². The van der Waals surface area contributed by atoms with Gasteiger partial charge in [0.25, 0.3) is 0 Å². The third-order valence-corrected chi connectivity index (χ3v) is 6.31. The molecule has 144 valence electrons. The molecule has 1 aromatic carbocycles. The minimum Gasteiger partial charge on any atom is -0.438 e. The van der Waals surface area contributed by atoms with Crippen molar-refractivity contribution in [1.82, 2.24) is 24.7 Å². The Morgan fingerprint density at radius 3 is 3.00 bits per heavy atom. The Morgan fingerprint density at radius 2 is 2.11 bits per heavy atom. The molecule has 7 nitrogen and oxygen atoms in total. The lowest BCUT2D eigenvalue weighted by Gasteiger charge is -2.21. The molecule has 1 aliphatic carbocycles. The number of aromatic nitrogens is 5. The van der Waals surface area contributed by atoms with Crippen molar-refractivity contribution in [2.75, 3.05) is 11.9 Å². The van der Waals surface area contributed by atoms with Crippen molar-refractivity contribution in [2.45, 2.75) is 32.1 Å². The number of rotatable bonds is 5. The summed E-state index contributed by atoms with van der Waals surface area (Å²) in [5, 5.41) is 9.54. The first-order valence-corrected chi connectivity index (χ1v) is 10.5. The van der Waals surface area contributed by atoms with Gasteiger partial charge >= 0.3 is 0 Å². The molecule has 28 heavy (non-hydrogen) atoms. The van der Waals surface area contributed by atoms with Crippen LogP contribution in [-0.2, 0) is 7.05 Å².